The highest BCUT2D eigenvalue weighted by molar-refractivity contribution is 5.77. The maximum Gasteiger partial charge on any atom is 0.266 e. The molecule has 0 atom stereocenters. The van der Waals surface area contributed by atoms with E-state index in [9.17, 15) is 9.59 Å². The fraction of sp³-hybridized carbons (Fsp3) is 0.545. The van der Waals surface area contributed by atoms with Crippen LogP contribution >= 0.6 is 0 Å². The molecule has 0 spiro atoms. The lowest BCUT2D eigenvalue weighted by Crippen LogP contribution is -2.22. The molecule has 5 heteroatoms. The number of aryl methyl sites for hydroxylation is 1. The van der Waals surface area contributed by atoms with Crippen LogP contribution in [-0.2, 0) is 11.3 Å². The molecule has 0 N–H and O–H groups in total. The molecule has 0 unspecified atom stereocenters. The van der Waals surface area contributed by atoms with Gasteiger partial charge in [-0.25, -0.2) is 4.68 Å². The van der Waals surface area contributed by atoms with Crippen LogP contribution in [0.15, 0.2) is 16.9 Å². The standard InChI is InChI=1S/C11H16N2O3/c1-3-9(14)5-4-8-13-11(15)7-6-10(12-13)16-2/h6-7H,3-5,8H2,1-2H3. The topological polar surface area (TPSA) is 61.2 Å². The van der Waals surface area contributed by atoms with Crippen molar-refractivity contribution in [2.75, 3.05) is 7.11 Å². The van der Waals surface area contributed by atoms with E-state index in [-0.39, 0.29) is 11.3 Å². The number of hydrogen-bond acceptors (Lipinski definition) is 4. The number of carbonyl (C=O) groups is 1. The van der Waals surface area contributed by atoms with Gasteiger partial charge in [0, 0.05) is 31.5 Å². The maximum absolute atomic E-state index is 11.4. The van der Waals surface area contributed by atoms with E-state index < -0.39 is 0 Å². The second-order valence-corrected chi connectivity index (χ2v) is 3.43. The summed E-state index contributed by atoms with van der Waals surface area (Å²) in [6.45, 7) is 2.28. The molecular formula is C11H16N2O3. The van der Waals surface area contributed by atoms with Crippen LogP contribution in [0.4, 0.5) is 0 Å². The number of ether oxygens (including phenoxy) is 1. The lowest BCUT2D eigenvalue weighted by molar-refractivity contribution is -0.118. The zero-order valence-corrected chi connectivity index (χ0v) is 9.60. The van der Waals surface area contributed by atoms with E-state index in [4.69, 9.17) is 4.74 Å². The third-order valence-electron chi connectivity index (χ3n) is 2.27. The van der Waals surface area contributed by atoms with E-state index in [1.54, 1.807) is 0 Å². The molecule has 0 aliphatic carbocycles. The molecule has 1 heterocycles. The fourth-order valence-corrected chi connectivity index (χ4v) is 1.30. The van der Waals surface area contributed by atoms with E-state index in [1.165, 1.54) is 23.9 Å². The van der Waals surface area contributed by atoms with Gasteiger partial charge in [0.2, 0.25) is 5.88 Å². The Morgan fingerprint density at radius 1 is 1.50 bits per heavy atom. The zero-order valence-electron chi connectivity index (χ0n) is 9.60. The molecule has 1 rings (SSSR count). The van der Waals surface area contributed by atoms with Gasteiger partial charge in [-0.3, -0.25) is 9.59 Å². The second-order valence-electron chi connectivity index (χ2n) is 3.43. The molecule has 16 heavy (non-hydrogen) atoms. The van der Waals surface area contributed by atoms with Crippen molar-refractivity contribution in [1.29, 1.82) is 0 Å². The Kier molecular flexibility index (Phi) is 4.69. The minimum Gasteiger partial charge on any atom is -0.480 e. The van der Waals surface area contributed by atoms with Gasteiger partial charge >= 0.3 is 0 Å². The summed E-state index contributed by atoms with van der Waals surface area (Å²) in [5, 5.41) is 3.98. The number of aromatic nitrogens is 2. The van der Waals surface area contributed by atoms with Crippen LogP contribution in [0.5, 0.6) is 5.88 Å². The number of carbonyl (C=O) groups excluding carboxylic acids is 1. The molecule has 1 aromatic rings. The van der Waals surface area contributed by atoms with Crippen molar-refractivity contribution < 1.29 is 9.53 Å². The van der Waals surface area contributed by atoms with Crippen molar-refractivity contribution in [3.8, 4) is 5.88 Å². The predicted octanol–water partition coefficient (Wildman–Crippen LogP) is 1.01. The van der Waals surface area contributed by atoms with Crippen LogP contribution in [0, 0.1) is 0 Å². The highest BCUT2D eigenvalue weighted by atomic mass is 16.5. The Hall–Kier alpha value is -1.65. The third-order valence-corrected chi connectivity index (χ3v) is 2.27. The van der Waals surface area contributed by atoms with Crippen LogP contribution in [0.2, 0.25) is 0 Å². The van der Waals surface area contributed by atoms with Gasteiger partial charge in [0.25, 0.3) is 5.56 Å². The number of rotatable bonds is 6. The molecule has 88 valence electrons. The molecule has 0 saturated carbocycles. The average molecular weight is 224 g/mol. The van der Waals surface area contributed by atoms with E-state index in [0.717, 1.165) is 0 Å². The first kappa shape index (κ1) is 12.4. The lowest BCUT2D eigenvalue weighted by atomic mass is 10.2. The second kappa shape index (κ2) is 6.05. The first-order chi connectivity index (χ1) is 7.67. The van der Waals surface area contributed by atoms with Crippen molar-refractivity contribution in [2.45, 2.75) is 32.7 Å². The van der Waals surface area contributed by atoms with Crippen molar-refractivity contribution in [3.63, 3.8) is 0 Å². The first-order valence-electron chi connectivity index (χ1n) is 5.31. The largest absolute Gasteiger partial charge is 0.480 e. The van der Waals surface area contributed by atoms with Gasteiger partial charge in [0.1, 0.15) is 5.78 Å². The van der Waals surface area contributed by atoms with E-state index in [2.05, 4.69) is 5.10 Å². The molecule has 0 bridgehead atoms. The summed E-state index contributed by atoms with van der Waals surface area (Å²) >= 11 is 0. The Balaban J connectivity index is 2.59. The summed E-state index contributed by atoms with van der Waals surface area (Å²) in [5.41, 5.74) is -0.176. The van der Waals surface area contributed by atoms with Crippen LogP contribution < -0.4 is 10.3 Å². The number of methoxy groups -OCH3 is 1. The predicted molar refractivity (Wildman–Crippen MR) is 59.6 cm³/mol. The summed E-state index contributed by atoms with van der Waals surface area (Å²) in [6.07, 6.45) is 1.66. The molecule has 0 radical (unpaired) electrons. The van der Waals surface area contributed by atoms with Crippen molar-refractivity contribution >= 4 is 5.78 Å². The molecule has 0 aromatic carbocycles. The van der Waals surface area contributed by atoms with Crippen molar-refractivity contribution in [3.05, 3.63) is 22.5 Å². The number of Topliss-reactive ketones (excluding diaryl/α,β-unsaturated/α-hetero) is 1. The van der Waals surface area contributed by atoms with E-state index >= 15 is 0 Å². The number of ketones is 1. The highest BCUT2D eigenvalue weighted by Gasteiger charge is 2.02. The number of nitrogens with zero attached hydrogens (tertiary/aromatic N) is 2. The Bertz CT molecular complexity index is 412. The minimum absolute atomic E-state index is 0.176. The van der Waals surface area contributed by atoms with Gasteiger partial charge in [-0.05, 0) is 6.42 Å². The molecule has 0 aliphatic heterocycles. The van der Waals surface area contributed by atoms with Crippen LogP contribution in [0.1, 0.15) is 26.2 Å². The van der Waals surface area contributed by atoms with Crippen molar-refractivity contribution in [1.82, 2.24) is 9.78 Å². The Labute approximate surface area is 94.0 Å². The molecule has 0 fully saturated rings. The first-order valence-corrected chi connectivity index (χ1v) is 5.31. The van der Waals surface area contributed by atoms with Gasteiger partial charge < -0.3 is 4.74 Å². The van der Waals surface area contributed by atoms with E-state index in [1.807, 2.05) is 6.92 Å². The number of hydrogen-bond donors (Lipinski definition) is 0. The third kappa shape index (κ3) is 3.49. The highest BCUT2D eigenvalue weighted by Crippen LogP contribution is 2.01. The molecule has 0 aliphatic rings. The minimum atomic E-state index is -0.176. The summed E-state index contributed by atoms with van der Waals surface area (Å²) in [7, 11) is 1.50. The zero-order chi connectivity index (χ0) is 12.0. The van der Waals surface area contributed by atoms with Gasteiger partial charge in [-0.15, -0.1) is 5.10 Å². The summed E-state index contributed by atoms with van der Waals surface area (Å²) in [6, 6.07) is 2.93. The normalized spacial score (nSPS) is 10.1. The fourth-order valence-electron chi connectivity index (χ4n) is 1.30. The summed E-state index contributed by atoms with van der Waals surface area (Å²) < 4.78 is 6.24. The molecule has 1 aromatic heterocycles. The molecule has 5 nitrogen and oxygen atoms in total. The van der Waals surface area contributed by atoms with Crippen LogP contribution in [0.25, 0.3) is 0 Å². The Morgan fingerprint density at radius 3 is 2.88 bits per heavy atom. The smallest absolute Gasteiger partial charge is 0.266 e. The van der Waals surface area contributed by atoms with Gasteiger partial charge in [0.15, 0.2) is 0 Å². The van der Waals surface area contributed by atoms with Crippen LogP contribution in [0.3, 0.4) is 0 Å². The molecule has 0 amide bonds. The summed E-state index contributed by atoms with van der Waals surface area (Å²) in [5.74, 6) is 0.609. The van der Waals surface area contributed by atoms with Gasteiger partial charge in [-0.2, -0.15) is 0 Å². The molecule has 0 saturated heterocycles. The molecular weight excluding hydrogens is 208 g/mol. The SMILES string of the molecule is CCC(=O)CCCn1nc(OC)ccc1=O. The Morgan fingerprint density at radius 2 is 2.25 bits per heavy atom. The lowest BCUT2D eigenvalue weighted by Gasteiger charge is -2.05. The monoisotopic (exact) mass is 224 g/mol. The maximum atomic E-state index is 11.4. The average Bonchev–Trinajstić information content (AvgIpc) is 2.31. The quantitative estimate of drug-likeness (QED) is 0.723. The van der Waals surface area contributed by atoms with Crippen molar-refractivity contribution in [2.24, 2.45) is 0 Å². The summed E-state index contributed by atoms with van der Waals surface area (Å²) in [4.78, 5) is 22.5. The van der Waals surface area contributed by atoms with Gasteiger partial charge in [-0.1, -0.05) is 6.92 Å². The van der Waals surface area contributed by atoms with Crippen LogP contribution in [-0.4, -0.2) is 22.7 Å². The van der Waals surface area contributed by atoms with Gasteiger partial charge in [0.05, 0.1) is 7.11 Å². The van der Waals surface area contributed by atoms with E-state index in [0.29, 0.717) is 31.7 Å².